The number of methoxy groups -OCH3 is 1. The van der Waals surface area contributed by atoms with Crippen LogP contribution in [0.3, 0.4) is 0 Å². The molecule has 1 aromatic carbocycles. The summed E-state index contributed by atoms with van der Waals surface area (Å²) in [4.78, 5) is 2.28. The molecule has 0 fully saturated rings. The van der Waals surface area contributed by atoms with Crippen molar-refractivity contribution in [2.45, 2.75) is 31.9 Å². The molecule has 1 aromatic rings. The molecule has 0 spiro atoms. The van der Waals surface area contributed by atoms with Gasteiger partial charge in [-0.15, -0.1) is 0 Å². The predicted octanol–water partition coefficient (Wildman–Crippen LogP) is 2.46. The number of hydrogen-bond donors (Lipinski definition) is 1. The van der Waals surface area contributed by atoms with Gasteiger partial charge in [0, 0.05) is 44.8 Å². The summed E-state index contributed by atoms with van der Waals surface area (Å²) in [5, 5.41) is 3.68. The van der Waals surface area contributed by atoms with Gasteiger partial charge in [0.1, 0.15) is 11.4 Å². The van der Waals surface area contributed by atoms with Crippen molar-refractivity contribution in [1.29, 1.82) is 0 Å². The molecule has 1 aliphatic rings. The van der Waals surface area contributed by atoms with Gasteiger partial charge in [-0.1, -0.05) is 18.2 Å². The molecule has 1 heterocycles. The summed E-state index contributed by atoms with van der Waals surface area (Å²) in [6.07, 6.45) is 0.992. The second kappa shape index (κ2) is 7.25. The molecule has 1 aliphatic heterocycles. The monoisotopic (exact) mass is 292 g/mol. The molecule has 0 radical (unpaired) electrons. The molecule has 21 heavy (non-hydrogen) atoms. The van der Waals surface area contributed by atoms with E-state index < -0.39 is 0 Å². The number of nitrogens with one attached hydrogen (secondary N) is 1. The van der Waals surface area contributed by atoms with E-state index in [1.807, 2.05) is 6.07 Å². The Hall–Kier alpha value is -1.10. The Kier molecular flexibility index (Phi) is 5.62. The first-order valence-electron chi connectivity index (χ1n) is 7.70. The van der Waals surface area contributed by atoms with Gasteiger partial charge < -0.3 is 19.7 Å². The van der Waals surface area contributed by atoms with Crippen molar-refractivity contribution < 1.29 is 9.47 Å². The zero-order chi connectivity index (χ0) is 15.3. The van der Waals surface area contributed by atoms with Crippen LogP contribution in [0, 0.1) is 0 Å². The van der Waals surface area contributed by atoms with Crippen LogP contribution in [0.15, 0.2) is 24.3 Å². The number of nitrogens with zero attached hydrogens (tertiary/aromatic N) is 1. The van der Waals surface area contributed by atoms with Crippen LogP contribution in [0.25, 0.3) is 0 Å². The highest BCUT2D eigenvalue weighted by molar-refractivity contribution is 5.38. The van der Waals surface area contributed by atoms with Crippen molar-refractivity contribution in [3.8, 4) is 5.75 Å². The fraction of sp³-hybridized carbons (Fsp3) is 0.647. The van der Waals surface area contributed by atoms with Gasteiger partial charge in [-0.25, -0.2) is 0 Å². The molecule has 4 nitrogen and oxygen atoms in total. The van der Waals surface area contributed by atoms with Crippen LogP contribution in [-0.2, 0) is 4.74 Å². The molecule has 118 valence electrons. The van der Waals surface area contributed by atoms with Gasteiger partial charge in [0.05, 0.1) is 6.61 Å². The van der Waals surface area contributed by atoms with Crippen molar-refractivity contribution >= 4 is 0 Å². The number of fused-ring (bicyclic) bond motifs is 1. The number of rotatable bonds is 7. The third-order valence-electron chi connectivity index (χ3n) is 3.94. The van der Waals surface area contributed by atoms with Crippen LogP contribution < -0.4 is 10.1 Å². The van der Waals surface area contributed by atoms with Gasteiger partial charge >= 0.3 is 0 Å². The van der Waals surface area contributed by atoms with Gasteiger partial charge in [-0.3, -0.25) is 0 Å². The average Bonchev–Trinajstić information content (AvgIpc) is 2.44. The van der Waals surface area contributed by atoms with Crippen molar-refractivity contribution in [3.63, 3.8) is 0 Å². The highest BCUT2D eigenvalue weighted by Crippen LogP contribution is 2.38. The quantitative estimate of drug-likeness (QED) is 0.837. The minimum absolute atomic E-state index is 0.117. The molecule has 0 saturated heterocycles. The molecule has 0 amide bonds. The Balaban J connectivity index is 1.91. The van der Waals surface area contributed by atoms with Crippen LogP contribution in [0.1, 0.15) is 31.9 Å². The SMILES string of the molecule is COCCN(C)CCNC1CC(C)(C)Oc2ccccc21. The Morgan fingerprint density at radius 2 is 2.10 bits per heavy atom. The van der Waals surface area contributed by atoms with Crippen LogP contribution in [0.5, 0.6) is 5.75 Å². The van der Waals surface area contributed by atoms with Gasteiger partial charge in [0.15, 0.2) is 0 Å². The number of ether oxygens (including phenoxy) is 2. The normalized spacial score (nSPS) is 20.1. The third kappa shape index (κ3) is 4.70. The average molecular weight is 292 g/mol. The number of para-hydroxylation sites is 1. The molecule has 0 aliphatic carbocycles. The van der Waals surface area contributed by atoms with Crippen molar-refractivity contribution in [2.75, 3.05) is 40.4 Å². The lowest BCUT2D eigenvalue weighted by Crippen LogP contribution is -2.41. The lowest BCUT2D eigenvalue weighted by molar-refractivity contribution is 0.0655. The maximum atomic E-state index is 6.06. The summed E-state index contributed by atoms with van der Waals surface area (Å²) in [6.45, 7) is 8.04. The van der Waals surface area contributed by atoms with Gasteiger partial charge in [0.2, 0.25) is 0 Å². The van der Waals surface area contributed by atoms with Crippen molar-refractivity contribution in [3.05, 3.63) is 29.8 Å². The minimum Gasteiger partial charge on any atom is -0.487 e. The number of hydrogen-bond acceptors (Lipinski definition) is 4. The molecule has 0 bridgehead atoms. The molecular formula is C17H28N2O2. The molecule has 4 heteroatoms. The van der Waals surface area contributed by atoms with Crippen LogP contribution in [0.4, 0.5) is 0 Å². The van der Waals surface area contributed by atoms with Crippen molar-refractivity contribution in [2.24, 2.45) is 0 Å². The first-order chi connectivity index (χ1) is 10.0. The van der Waals surface area contributed by atoms with Crippen LogP contribution in [0.2, 0.25) is 0 Å². The van der Waals surface area contributed by atoms with E-state index in [0.717, 1.165) is 38.4 Å². The minimum atomic E-state index is -0.117. The highest BCUT2D eigenvalue weighted by atomic mass is 16.5. The number of likely N-dealkylation sites (N-methyl/N-ethyl adjacent to an activating group) is 1. The Morgan fingerprint density at radius 1 is 1.33 bits per heavy atom. The van der Waals surface area contributed by atoms with E-state index in [4.69, 9.17) is 9.47 Å². The molecule has 1 N–H and O–H groups in total. The molecule has 0 aromatic heterocycles. The Morgan fingerprint density at radius 3 is 2.86 bits per heavy atom. The van der Waals surface area contributed by atoms with E-state index in [9.17, 15) is 0 Å². The fourth-order valence-electron chi connectivity index (χ4n) is 2.77. The Bertz CT molecular complexity index is 448. The summed E-state index contributed by atoms with van der Waals surface area (Å²) < 4.78 is 11.2. The van der Waals surface area contributed by atoms with Gasteiger partial charge in [0.25, 0.3) is 0 Å². The van der Waals surface area contributed by atoms with E-state index in [1.165, 1.54) is 5.56 Å². The maximum absolute atomic E-state index is 6.06. The second-order valence-electron chi connectivity index (χ2n) is 6.41. The van der Waals surface area contributed by atoms with Gasteiger partial charge in [-0.2, -0.15) is 0 Å². The lowest BCUT2D eigenvalue weighted by Gasteiger charge is -2.38. The van der Waals surface area contributed by atoms with Gasteiger partial charge in [-0.05, 0) is 27.0 Å². The molecule has 2 rings (SSSR count). The second-order valence-corrected chi connectivity index (χ2v) is 6.41. The largest absolute Gasteiger partial charge is 0.487 e. The zero-order valence-corrected chi connectivity index (χ0v) is 13.7. The summed E-state index contributed by atoms with van der Waals surface area (Å²) in [5.41, 5.74) is 1.16. The third-order valence-corrected chi connectivity index (χ3v) is 3.94. The molecule has 0 saturated carbocycles. The fourth-order valence-corrected chi connectivity index (χ4v) is 2.77. The summed E-state index contributed by atoms with van der Waals surface area (Å²) in [6, 6.07) is 8.71. The topological polar surface area (TPSA) is 33.7 Å². The molecular weight excluding hydrogens is 264 g/mol. The number of benzene rings is 1. The maximum Gasteiger partial charge on any atom is 0.124 e. The van der Waals surface area contributed by atoms with E-state index in [1.54, 1.807) is 7.11 Å². The van der Waals surface area contributed by atoms with Crippen molar-refractivity contribution in [1.82, 2.24) is 10.2 Å². The Labute approximate surface area is 128 Å². The lowest BCUT2D eigenvalue weighted by atomic mass is 9.90. The molecule has 1 unspecified atom stereocenters. The predicted molar refractivity (Wildman–Crippen MR) is 85.9 cm³/mol. The van der Waals surface area contributed by atoms with E-state index in [2.05, 4.69) is 49.3 Å². The summed E-state index contributed by atoms with van der Waals surface area (Å²) >= 11 is 0. The first kappa shape index (κ1) is 16.3. The highest BCUT2D eigenvalue weighted by Gasteiger charge is 2.33. The van der Waals surface area contributed by atoms with E-state index >= 15 is 0 Å². The smallest absolute Gasteiger partial charge is 0.124 e. The van der Waals surface area contributed by atoms with E-state index in [0.29, 0.717) is 6.04 Å². The van der Waals surface area contributed by atoms with E-state index in [-0.39, 0.29) is 5.60 Å². The summed E-state index contributed by atoms with van der Waals surface area (Å²) in [7, 11) is 3.87. The zero-order valence-electron chi connectivity index (χ0n) is 13.7. The molecule has 1 atom stereocenters. The van der Waals surface area contributed by atoms with Crippen LogP contribution >= 0.6 is 0 Å². The standard InChI is InChI=1S/C17H28N2O2/c1-17(2)13-15(14-7-5-6-8-16(14)21-17)18-9-10-19(3)11-12-20-4/h5-8,15,18H,9-13H2,1-4H3. The summed E-state index contributed by atoms with van der Waals surface area (Å²) in [5.74, 6) is 1.01. The first-order valence-corrected chi connectivity index (χ1v) is 7.70. The van der Waals surface area contributed by atoms with Crippen LogP contribution in [-0.4, -0.2) is 50.9 Å².